The smallest absolute Gasteiger partial charge is 0.0562 e. The van der Waals surface area contributed by atoms with Gasteiger partial charge in [0, 0.05) is 86.9 Å². The number of nitrogens with zero attached hydrogens (tertiary/aromatic N) is 5. The molecule has 4 heterocycles. The fraction of sp³-hybridized carbons (Fsp3) is 0.0357. The summed E-state index contributed by atoms with van der Waals surface area (Å²) in [6.07, 6.45) is 1.72. The number of hydrogen-bond donors (Lipinski definition) is 0. The zero-order valence-electron chi connectivity index (χ0n) is 36.9. The van der Waals surface area contributed by atoms with Crippen molar-refractivity contribution in [2.24, 2.45) is 0 Å². The molecular weight excluding hydrogens is 954 g/mol. The Balaban J connectivity index is 0.00000481. The molecule has 6 nitrogen and oxygen atoms in total. The number of anilines is 3. The van der Waals surface area contributed by atoms with Gasteiger partial charge in [0.2, 0.25) is 0 Å². The van der Waals surface area contributed by atoms with Gasteiger partial charge in [-0.05, 0) is 73.7 Å². The van der Waals surface area contributed by atoms with Crippen molar-refractivity contribution in [3.05, 3.63) is 213 Å². The summed E-state index contributed by atoms with van der Waals surface area (Å²) in [5.41, 5.74) is 11.2. The van der Waals surface area contributed by atoms with Crippen LogP contribution in [-0.2, 0) is 21.1 Å². The van der Waals surface area contributed by atoms with Gasteiger partial charge < -0.3 is 28.7 Å². The molecule has 11 aromatic rings. The van der Waals surface area contributed by atoms with E-state index in [2.05, 4.69) is 134 Å². The van der Waals surface area contributed by atoms with E-state index in [1.807, 2.05) is 86.5 Å². The molecule has 0 saturated carbocycles. The Morgan fingerprint density at radius 3 is 1.62 bits per heavy atom. The van der Waals surface area contributed by atoms with Crippen molar-refractivity contribution in [1.29, 1.82) is 0 Å². The molecular formula is C56H38N5OPt-3. The Hall–Kier alpha value is -7.40. The Morgan fingerprint density at radius 2 is 1.03 bits per heavy atom. The number of benzene rings is 8. The number of aromatic nitrogens is 3. The van der Waals surface area contributed by atoms with E-state index in [0.717, 1.165) is 77.6 Å². The number of rotatable bonds is 7. The van der Waals surface area contributed by atoms with E-state index in [0.29, 0.717) is 28.3 Å². The topological polar surface area (TPSA) is 38.5 Å². The van der Waals surface area contributed by atoms with Gasteiger partial charge in [0.1, 0.15) is 0 Å². The number of ether oxygens (including phenoxy) is 1. The van der Waals surface area contributed by atoms with Gasteiger partial charge in [-0.15, -0.1) is 47.6 Å². The molecule has 0 aliphatic carbocycles. The van der Waals surface area contributed by atoms with Crippen LogP contribution in [0.25, 0.3) is 77.4 Å². The van der Waals surface area contributed by atoms with E-state index in [1.165, 1.54) is 0 Å². The summed E-state index contributed by atoms with van der Waals surface area (Å²) in [4.78, 5) is 9.22. The predicted molar refractivity (Wildman–Crippen MR) is 254 cm³/mol. The Labute approximate surface area is 384 Å². The third-order valence-corrected chi connectivity index (χ3v) is 11.9. The second-order valence-electron chi connectivity index (χ2n) is 15.5. The predicted octanol–water partition coefficient (Wildman–Crippen LogP) is 14.0. The fourth-order valence-electron chi connectivity index (χ4n) is 9.21. The summed E-state index contributed by atoms with van der Waals surface area (Å²) in [5, 5.41) is 4.43. The van der Waals surface area contributed by atoms with Crippen LogP contribution in [0.2, 0.25) is 0 Å². The second kappa shape index (κ2) is 15.5. The van der Waals surface area contributed by atoms with Crippen molar-refractivity contribution in [3.63, 3.8) is 0 Å². The van der Waals surface area contributed by atoms with Crippen LogP contribution >= 0.6 is 0 Å². The van der Waals surface area contributed by atoms with Crippen LogP contribution in [0.3, 0.4) is 0 Å². The number of aryl methyl sites for hydroxylation is 1. The van der Waals surface area contributed by atoms with Crippen molar-refractivity contribution in [1.82, 2.24) is 14.1 Å². The standard InChI is InChI=1S/C56H38N5O.Pt/c1-37-32-47(38-16-13-18-40(33-38)62-41-19-14-17-39(34-41)59-36-58(2)52-28-11-12-29-53(52)59)57-35-46(37)56-54(60-48-24-7-3-20-42(48)43-21-4-8-25-49(43)60)30-15-31-55(56)61-50-26-9-5-22-44(50)45-23-6-10-27-51(45)61;/h3-32,35-36H,1-2H3;/q-3;/i1D3;. The first-order valence-corrected chi connectivity index (χ1v) is 20.6. The number of hydrogen-bond acceptors (Lipinski definition) is 4. The zero-order chi connectivity index (χ0) is 43.8. The van der Waals surface area contributed by atoms with Gasteiger partial charge in [-0.2, -0.15) is 12.7 Å². The van der Waals surface area contributed by atoms with Crippen LogP contribution < -0.4 is 14.5 Å². The van der Waals surface area contributed by atoms with Gasteiger partial charge in [-0.25, -0.2) is 0 Å². The Kier molecular flexibility index (Phi) is 8.66. The summed E-state index contributed by atoms with van der Waals surface area (Å²) < 4.78 is 38.3. The minimum absolute atomic E-state index is 0. The molecule has 7 heteroatoms. The average molecular weight is 995 g/mol. The summed E-state index contributed by atoms with van der Waals surface area (Å²) in [6.45, 7) is -0.500. The van der Waals surface area contributed by atoms with E-state index >= 15 is 0 Å². The maximum Gasteiger partial charge on any atom is 0.0562 e. The van der Waals surface area contributed by atoms with Gasteiger partial charge in [-0.3, -0.25) is 0 Å². The summed E-state index contributed by atoms with van der Waals surface area (Å²) >= 11 is 0. The van der Waals surface area contributed by atoms with Crippen LogP contribution in [0.5, 0.6) is 11.5 Å². The number of pyridine rings is 1. The number of para-hydroxylation sites is 6. The van der Waals surface area contributed by atoms with E-state index < -0.39 is 6.85 Å². The van der Waals surface area contributed by atoms with E-state index in [4.69, 9.17) is 13.8 Å². The molecule has 0 amide bonds. The maximum atomic E-state index is 9.12. The SMILES string of the molecule is [2H]C([2H])([2H])c1cc(-c2[c-]c(Oc3[c-]c(N4[CH-]N(C)c5ccccc54)ccc3)ccc2)ncc1-c1c(-n2c3ccccc3c3ccccc32)cccc1-n1c2ccccc2c2ccccc21.[Pt]. The molecule has 0 spiro atoms. The minimum Gasteiger partial charge on any atom is -0.504 e. The van der Waals surface area contributed by atoms with Crippen molar-refractivity contribution < 1.29 is 29.9 Å². The minimum atomic E-state index is -2.53. The Bertz CT molecular complexity index is 3430. The first kappa shape index (κ1) is 35.2. The molecule has 0 N–H and O–H groups in total. The molecule has 0 fully saturated rings. The summed E-state index contributed by atoms with van der Waals surface area (Å²) in [6, 6.07) is 67.8. The summed E-state index contributed by atoms with van der Waals surface area (Å²) in [5.74, 6) is 0.965. The van der Waals surface area contributed by atoms with Crippen LogP contribution in [0.15, 0.2) is 188 Å². The average Bonchev–Trinajstić information content (AvgIpc) is 3.98. The van der Waals surface area contributed by atoms with Gasteiger partial charge in [-0.1, -0.05) is 103 Å². The summed E-state index contributed by atoms with van der Waals surface area (Å²) in [7, 11) is 2.02. The molecule has 0 atom stereocenters. The van der Waals surface area contributed by atoms with Crippen molar-refractivity contribution >= 4 is 60.7 Å². The fourth-order valence-corrected chi connectivity index (χ4v) is 9.21. The Morgan fingerprint density at radius 1 is 0.540 bits per heavy atom. The molecule has 1 aliphatic rings. The molecule has 0 bridgehead atoms. The molecule has 12 rings (SSSR count). The molecule has 1 aliphatic heterocycles. The molecule has 0 radical (unpaired) electrons. The molecule has 0 unspecified atom stereocenters. The van der Waals surface area contributed by atoms with E-state index in [9.17, 15) is 0 Å². The van der Waals surface area contributed by atoms with Crippen LogP contribution in [-0.4, -0.2) is 21.2 Å². The molecule has 306 valence electrons. The van der Waals surface area contributed by atoms with Crippen molar-refractivity contribution in [3.8, 4) is 45.3 Å². The van der Waals surface area contributed by atoms with Gasteiger partial charge in [0.25, 0.3) is 0 Å². The monoisotopic (exact) mass is 994 g/mol. The largest absolute Gasteiger partial charge is 0.504 e. The van der Waals surface area contributed by atoms with Crippen LogP contribution in [0.1, 0.15) is 9.68 Å². The van der Waals surface area contributed by atoms with Crippen LogP contribution in [0, 0.1) is 25.7 Å². The quantitative estimate of drug-likeness (QED) is 0.149. The van der Waals surface area contributed by atoms with Gasteiger partial charge >= 0.3 is 0 Å². The molecule has 63 heavy (non-hydrogen) atoms. The molecule has 3 aromatic heterocycles. The molecule has 0 saturated heterocycles. The number of fused-ring (bicyclic) bond motifs is 7. The first-order valence-electron chi connectivity index (χ1n) is 22.1. The van der Waals surface area contributed by atoms with Gasteiger partial charge in [0.05, 0.1) is 33.4 Å². The first-order chi connectivity index (χ1) is 31.8. The zero-order valence-corrected chi connectivity index (χ0v) is 36.2. The van der Waals surface area contributed by atoms with Gasteiger partial charge in [0.15, 0.2) is 0 Å². The third-order valence-electron chi connectivity index (χ3n) is 11.9. The van der Waals surface area contributed by atoms with E-state index in [1.54, 1.807) is 12.3 Å². The van der Waals surface area contributed by atoms with Crippen LogP contribution in [0.4, 0.5) is 17.1 Å². The third kappa shape index (κ3) is 6.32. The molecule has 8 aromatic carbocycles. The second-order valence-corrected chi connectivity index (χ2v) is 15.5. The van der Waals surface area contributed by atoms with E-state index in [-0.39, 0.29) is 26.6 Å². The maximum absolute atomic E-state index is 9.12. The normalized spacial score (nSPS) is 13.3. The van der Waals surface area contributed by atoms with Crippen molar-refractivity contribution in [2.75, 3.05) is 16.8 Å². The van der Waals surface area contributed by atoms with Crippen molar-refractivity contribution in [2.45, 2.75) is 6.85 Å².